The molecule has 0 aliphatic carbocycles. The van der Waals surface area contributed by atoms with Crippen LogP contribution in [0.5, 0.6) is 5.75 Å². The summed E-state index contributed by atoms with van der Waals surface area (Å²) in [5.41, 5.74) is 0.730. The summed E-state index contributed by atoms with van der Waals surface area (Å²) in [6.07, 6.45) is 0. The van der Waals surface area contributed by atoms with Gasteiger partial charge in [-0.25, -0.2) is 9.86 Å². The summed E-state index contributed by atoms with van der Waals surface area (Å²) in [7, 11) is 1.29. The van der Waals surface area contributed by atoms with Gasteiger partial charge in [0.2, 0.25) is 3.79 Å². The number of halogens is 3. The molecule has 1 aromatic carbocycles. The number of hydrogen-bond donors (Lipinski definition) is 0. The van der Waals surface area contributed by atoms with E-state index in [0.29, 0.717) is 17.1 Å². The second kappa shape index (κ2) is 9.87. The summed E-state index contributed by atoms with van der Waals surface area (Å²) in [6.45, 7) is 0.935. The normalized spacial score (nSPS) is 20.7. The van der Waals surface area contributed by atoms with Gasteiger partial charge in [0.15, 0.2) is 12.6 Å². The van der Waals surface area contributed by atoms with Gasteiger partial charge >= 0.3 is 5.97 Å². The number of thioether (sulfide) groups is 1. The zero-order chi connectivity index (χ0) is 22.8. The average Bonchev–Trinajstić information content (AvgIpc) is 2.74. The molecule has 2 atom stereocenters. The summed E-state index contributed by atoms with van der Waals surface area (Å²) in [5, 5.41) is 0.455. The minimum Gasteiger partial charge on any atom is -0.484 e. The maximum Gasteiger partial charge on any atom is 0.355 e. The van der Waals surface area contributed by atoms with Gasteiger partial charge in [-0.1, -0.05) is 53.0 Å². The number of rotatable bonds is 7. The van der Waals surface area contributed by atoms with Gasteiger partial charge in [0.05, 0.1) is 7.11 Å². The number of carbonyl (C=O) groups is 3. The number of benzene rings is 1. The minimum absolute atomic E-state index is 0.0864. The zero-order valence-corrected chi connectivity index (χ0v) is 19.6. The number of β-lactam (4-membered cyclic amide) rings is 1. The number of hydrogen-bond acceptors (Lipinski definition) is 7. The van der Waals surface area contributed by atoms with Crippen LogP contribution in [0.4, 0.5) is 0 Å². The molecule has 0 saturated carbocycles. The van der Waals surface area contributed by atoms with E-state index in [1.165, 1.54) is 23.8 Å². The molecule has 0 N–H and O–H groups in total. The highest BCUT2D eigenvalue weighted by atomic mass is 35.6. The Morgan fingerprint density at radius 2 is 1.94 bits per heavy atom. The first kappa shape index (κ1) is 24.0. The van der Waals surface area contributed by atoms with Crippen LogP contribution in [0, 0.1) is 0 Å². The molecule has 31 heavy (non-hydrogen) atoms. The van der Waals surface area contributed by atoms with Crippen LogP contribution in [0.1, 0.15) is 6.92 Å². The molecule has 8 nitrogen and oxygen atoms in total. The molecule has 2 aliphatic heterocycles. The van der Waals surface area contributed by atoms with Crippen LogP contribution >= 0.6 is 46.6 Å². The van der Waals surface area contributed by atoms with Gasteiger partial charge in [0.1, 0.15) is 23.4 Å². The Labute approximate surface area is 198 Å². The maximum absolute atomic E-state index is 12.9. The zero-order valence-electron chi connectivity index (χ0n) is 16.5. The monoisotopic (exact) mass is 508 g/mol. The van der Waals surface area contributed by atoms with Crippen molar-refractivity contribution < 1.29 is 28.7 Å². The number of fused-ring (bicyclic) bond motifs is 1. The van der Waals surface area contributed by atoms with E-state index in [4.69, 9.17) is 49.1 Å². The molecule has 2 aliphatic rings. The molecule has 0 radical (unpaired) electrons. The molecular weight excluding hydrogens is 491 g/mol. The highest BCUT2D eigenvalue weighted by Gasteiger charge is 2.57. The number of hydroxylamine groups is 2. The first-order chi connectivity index (χ1) is 14.6. The highest BCUT2D eigenvalue weighted by molar-refractivity contribution is 8.00. The second-order valence-corrected chi connectivity index (χ2v) is 10.3. The Hall–Kier alpha value is -1.65. The topological polar surface area (TPSA) is 85.4 Å². The molecule has 3 rings (SSSR count). The van der Waals surface area contributed by atoms with Gasteiger partial charge in [-0.3, -0.25) is 19.3 Å². The van der Waals surface area contributed by atoms with Crippen molar-refractivity contribution in [1.29, 1.82) is 0 Å². The third-order valence-corrected chi connectivity index (χ3v) is 6.23. The lowest BCUT2D eigenvalue weighted by Gasteiger charge is -2.51. The van der Waals surface area contributed by atoms with Crippen molar-refractivity contribution in [3.63, 3.8) is 0 Å². The van der Waals surface area contributed by atoms with Crippen LogP contribution in [0.25, 0.3) is 0 Å². The van der Waals surface area contributed by atoms with Crippen molar-refractivity contribution in [1.82, 2.24) is 9.96 Å². The van der Waals surface area contributed by atoms with E-state index in [-0.39, 0.29) is 12.3 Å². The van der Waals surface area contributed by atoms with Crippen LogP contribution in [0.15, 0.2) is 41.6 Å². The quantitative estimate of drug-likeness (QED) is 0.242. The van der Waals surface area contributed by atoms with Crippen LogP contribution in [-0.2, 0) is 24.0 Å². The van der Waals surface area contributed by atoms with E-state index in [1.54, 1.807) is 31.2 Å². The van der Waals surface area contributed by atoms with Crippen molar-refractivity contribution in [2.24, 2.45) is 0 Å². The van der Waals surface area contributed by atoms with Gasteiger partial charge in [-0.15, -0.1) is 11.8 Å². The number of ether oxygens (including phenoxy) is 2. The van der Waals surface area contributed by atoms with Crippen LogP contribution in [0.3, 0.4) is 0 Å². The number of alkyl halides is 3. The predicted octanol–water partition coefficient (Wildman–Crippen LogP) is 2.93. The van der Waals surface area contributed by atoms with Gasteiger partial charge in [0, 0.05) is 5.75 Å². The highest BCUT2D eigenvalue weighted by Crippen LogP contribution is 2.43. The lowest BCUT2D eigenvalue weighted by molar-refractivity contribution is -0.210. The van der Waals surface area contributed by atoms with Gasteiger partial charge < -0.3 is 9.47 Å². The molecule has 0 bridgehead atoms. The molecule has 0 spiro atoms. The van der Waals surface area contributed by atoms with Gasteiger partial charge in [-0.2, -0.15) is 0 Å². The van der Waals surface area contributed by atoms with Crippen molar-refractivity contribution in [3.8, 4) is 5.75 Å². The fourth-order valence-corrected chi connectivity index (χ4v) is 4.63. The number of esters is 1. The predicted molar refractivity (Wildman–Crippen MR) is 117 cm³/mol. The van der Waals surface area contributed by atoms with Crippen molar-refractivity contribution in [3.05, 3.63) is 41.6 Å². The van der Waals surface area contributed by atoms with E-state index in [9.17, 15) is 14.4 Å². The Balaban J connectivity index is 1.69. The Morgan fingerprint density at radius 1 is 1.26 bits per heavy atom. The van der Waals surface area contributed by atoms with E-state index in [2.05, 4.69) is 0 Å². The SMILES string of the molecule is CON(C(=O)COc1ccccc1)C1C(=O)N2C(C(=O)OCC(Cl)(Cl)Cl)=C(C)CS[C@H]12. The van der Waals surface area contributed by atoms with Crippen LogP contribution < -0.4 is 4.74 Å². The fraction of sp³-hybridized carbons (Fsp3) is 0.421. The van der Waals surface area contributed by atoms with Crippen LogP contribution in [-0.4, -0.2) is 69.0 Å². The number of carbonyl (C=O) groups excluding carboxylic acids is 3. The molecule has 1 unspecified atom stereocenters. The fourth-order valence-electron chi connectivity index (χ4n) is 3.14. The molecule has 0 aromatic heterocycles. The first-order valence-electron chi connectivity index (χ1n) is 9.06. The number of amides is 2. The van der Waals surface area contributed by atoms with E-state index in [1.807, 2.05) is 6.07 Å². The molecule has 1 fully saturated rings. The summed E-state index contributed by atoms with van der Waals surface area (Å²) < 4.78 is 8.73. The number of nitrogens with zero attached hydrogens (tertiary/aromatic N) is 2. The smallest absolute Gasteiger partial charge is 0.355 e. The Bertz CT molecular complexity index is 892. The van der Waals surface area contributed by atoms with E-state index >= 15 is 0 Å². The summed E-state index contributed by atoms with van der Waals surface area (Å²) in [4.78, 5) is 44.6. The third kappa shape index (κ3) is 5.40. The van der Waals surface area contributed by atoms with Crippen molar-refractivity contribution in [2.75, 3.05) is 26.1 Å². The summed E-state index contributed by atoms with van der Waals surface area (Å²) in [6, 6.07) is 7.88. The summed E-state index contributed by atoms with van der Waals surface area (Å²) in [5.74, 6) is -0.819. The van der Waals surface area contributed by atoms with E-state index in [0.717, 1.165) is 5.06 Å². The standard InChI is InChI=1S/C19H19Cl3N2O6S/c1-11-9-31-17-15(16(26)23(17)14(11)18(27)30-10-19(20,21)22)24(28-2)13(25)8-29-12-6-4-3-5-7-12/h3-7,15,17H,8-10H2,1-2H3/t15?,17-/m1/s1. The first-order valence-corrected chi connectivity index (χ1v) is 11.2. The minimum atomic E-state index is -1.77. The summed E-state index contributed by atoms with van der Waals surface area (Å²) >= 11 is 18.3. The molecule has 1 saturated heterocycles. The lowest BCUT2D eigenvalue weighted by Crippen LogP contribution is -2.71. The molecular formula is C19H19Cl3N2O6S. The van der Waals surface area contributed by atoms with Gasteiger partial charge in [0.25, 0.3) is 11.8 Å². The largest absolute Gasteiger partial charge is 0.484 e. The molecule has 2 heterocycles. The van der Waals surface area contributed by atoms with Crippen molar-refractivity contribution in [2.45, 2.75) is 22.1 Å². The maximum atomic E-state index is 12.9. The third-order valence-electron chi connectivity index (χ3n) is 4.49. The Kier molecular flexibility index (Phi) is 7.64. The molecule has 12 heteroatoms. The van der Waals surface area contributed by atoms with Crippen LogP contribution in [0.2, 0.25) is 0 Å². The molecule has 2 amide bonds. The Morgan fingerprint density at radius 3 is 2.55 bits per heavy atom. The average molecular weight is 510 g/mol. The number of para-hydroxylation sites is 1. The van der Waals surface area contributed by atoms with Gasteiger partial charge in [-0.05, 0) is 24.6 Å². The molecule has 168 valence electrons. The lowest BCUT2D eigenvalue weighted by atomic mass is 10.0. The second-order valence-electron chi connectivity index (χ2n) is 6.68. The van der Waals surface area contributed by atoms with E-state index < -0.39 is 39.6 Å². The van der Waals surface area contributed by atoms with Crippen molar-refractivity contribution >= 4 is 64.3 Å². The molecule has 1 aromatic rings.